The molecule has 0 bridgehead atoms. The van der Waals surface area contributed by atoms with Crippen LogP contribution in [-0.4, -0.2) is 40.9 Å². The summed E-state index contributed by atoms with van der Waals surface area (Å²) in [5.74, 6) is 0. The molecule has 0 aliphatic rings. The lowest BCUT2D eigenvalue weighted by Crippen LogP contribution is -2.27. The summed E-state index contributed by atoms with van der Waals surface area (Å²) in [5, 5.41) is 7.88. The predicted molar refractivity (Wildman–Crippen MR) is 91.2 cm³/mol. The van der Waals surface area contributed by atoms with Crippen LogP contribution in [0.4, 0.5) is 0 Å². The van der Waals surface area contributed by atoms with E-state index < -0.39 is 0 Å². The van der Waals surface area contributed by atoms with Gasteiger partial charge >= 0.3 is 0 Å². The molecule has 4 nitrogen and oxygen atoms in total. The van der Waals surface area contributed by atoms with Gasteiger partial charge < -0.3 is 10.2 Å². The fourth-order valence-electron chi connectivity index (χ4n) is 2.18. The van der Waals surface area contributed by atoms with Crippen molar-refractivity contribution < 1.29 is 0 Å². The van der Waals surface area contributed by atoms with Crippen LogP contribution in [0.15, 0.2) is 6.20 Å². The lowest BCUT2D eigenvalue weighted by Gasteiger charge is -2.17. The molecule has 0 radical (unpaired) electrons. The van der Waals surface area contributed by atoms with Gasteiger partial charge in [-0.15, -0.1) is 24.8 Å². The molecule has 120 valence electrons. The Bertz CT molecular complexity index is 338. The summed E-state index contributed by atoms with van der Waals surface area (Å²) >= 11 is 0. The molecule has 0 unspecified atom stereocenters. The van der Waals surface area contributed by atoms with Crippen LogP contribution in [-0.2, 0) is 13.1 Å². The van der Waals surface area contributed by atoms with Gasteiger partial charge in [0.15, 0.2) is 0 Å². The minimum absolute atomic E-state index is 0. The molecule has 0 aromatic carbocycles. The molecular weight excluding hydrogens is 295 g/mol. The highest BCUT2D eigenvalue weighted by molar-refractivity contribution is 5.85. The van der Waals surface area contributed by atoms with E-state index in [1.54, 1.807) is 0 Å². The Balaban J connectivity index is 0. The highest BCUT2D eigenvalue weighted by Crippen LogP contribution is 2.06. The number of hydrogen-bond acceptors (Lipinski definition) is 3. The number of halogens is 2. The van der Waals surface area contributed by atoms with Gasteiger partial charge in [0.05, 0.1) is 11.9 Å². The van der Waals surface area contributed by atoms with E-state index in [-0.39, 0.29) is 24.8 Å². The number of rotatable bonds is 9. The molecule has 1 heterocycles. The van der Waals surface area contributed by atoms with Crippen molar-refractivity contribution in [2.24, 2.45) is 0 Å². The third-order valence-electron chi connectivity index (χ3n) is 3.47. The van der Waals surface area contributed by atoms with Crippen molar-refractivity contribution in [1.82, 2.24) is 20.0 Å². The van der Waals surface area contributed by atoms with Gasteiger partial charge in [-0.3, -0.25) is 4.68 Å². The number of aromatic nitrogens is 2. The molecule has 1 rings (SSSR count). The van der Waals surface area contributed by atoms with Crippen LogP contribution in [0.3, 0.4) is 0 Å². The molecule has 20 heavy (non-hydrogen) atoms. The number of nitrogens with zero attached hydrogens (tertiary/aromatic N) is 3. The van der Waals surface area contributed by atoms with Crippen molar-refractivity contribution >= 4 is 24.8 Å². The van der Waals surface area contributed by atoms with Crippen LogP contribution in [0.25, 0.3) is 0 Å². The molecule has 0 aliphatic heterocycles. The molecule has 1 aromatic heterocycles. The maximum absolute atomic E-state index is 4.36. The van der Waals surface area contributed by atoms with E-state index in [1.165, 1.54) is 24.2 Å². The standard InChI is InChI=1S/C14H28N4.2ClH/c1-5-17(6-2)10-8-9-15-12-14-13(4)11-16-18(14)7-3;;/h11,15H,5-10,12H2,1-4H3;2*1H. The zero-order valence-corrected chi connectivity index (χ0v) is 14.8. The Labute approximate surface area is 136 Å². The average Bonchev–Trinajstić information content (AvgIpc) is 2.75. The highest BCUT2D eigenvalue weighted by Gasteiger charge is 2.05. The van der Waals surface area contributed by atoms with Crippen molar-refractivity contribution in [3.8, 4) is 0 Å². The SMILES string of the molecule is CCN(CC)CCCNCc1c(C)cnn1CC.Cl.Cl. The van der Waals surface area contributed by atoms with Crippen LogP contribution in [0.2, 0.25) is 0 Å². The molecule has 0 saturated carbocycles. The van der Waals surface area contributed by atoms with Crippen LogP contribution in [0, 0.1) is 6.92 Å². The van der Waals surface area contributed by atoms with E-state index in [9.17, 15) is 0 Å². The first-order valence-corrected chi connectivity index (χ1v) is 7.17. The van der Waals surface area contributed by atoms with Crippen molar-refractivity contribution in [3.63, 3.8) is 0 Å². The topological polar surface area (TPSA) is 33.1 Å². The first-order chi connectivity index (χ1) is 8.72. The van der Waals surface area contributed by atoms with Crippen molar-refractivity contribution in [1.29, 1.82) is 0 Å². The van der Waals surface area contributed by atoms with Gasteiger partial charge in [0.2, 0.25) is 0 Å². The Kier molecular flexibility index (Phi) is 13.7. The minimum Gasteiger partial charge on any atom is -0.311 e. The van der Waals surface area contributed by atoms with Gasteiger partial charge in [-0.1, -0.05) is 13.8 Å². The van der Waals surface area contributed by atoms with E-state index in [4.69, 9.17) is 0 Å². The third-order valence-corrected chi connectivity index (χ3v) is 3.47. The van der Waals surface area contributed by atoms with E-state index in [1.807, 2.05) is 6.20 Å². The number of hydrogen-bond donors (Lipinski definition) is 1. The van der Waals surface area contributed by atoms with E-state index >= 15 is 0 Å². The zero-order chi connectivity index (χ0) is 13.4. The van der Waals surface area contributed by atoms with Crippen molar-refractivity contribution in [2.45, 2.75) is 47.2 Å². The normalized spacial score (nSPS) is 10.2. The second kappa shape index (κ2) is 12.5. The third kappa shape index (κ3) is 6.93. The predicted octanol–water partition coefficient (Wildman–Crippen LogP) is 2.88. The van der Waals surface area contributed by atoms with Crippen LogP contribution < -0.4 is 5.32 Å². The smallest absolute Gasteiger partial charge is 0.0551 e. The largest absolute Gasteiger partial charge is 0.311 e. The Morgan fingerprint density at radius 3 is 2.40 bits per heavy atom. The second-order valence-corrected chi connectivity index (χ2v) is 4.65. The Hall–Kier alpha value is -0.290. The number of aryl methyl sites for hydroxylation is 2. The van der Waals surface area contributed by atoms with Crippen LogP contribution in [0.1, 0.15) is 38.4 Å². The molecule has 0 spiro atoms. The molecule has 0 aliphatic carbocycles. The molecule has 0 amide bonds. The van der Waals surface area contributed by atoms with Crippen LogP contribution >= 0.6 is 24.8 Å². The van der Waals surface area contributed by atoms with Gasteiger partial charge in [-0.05, 0) is 52.0 Å². The summed E-state index contributed by atoms with van der Waals surface area (Å²) in [7, 11) is 0. The zero-order valence-electron chi connectivity index (χ0n) is 13.2. The van der Waals surface area contributed by atoms with E-state index in [2.05, 4.69) is 47.7 Å². The van der Waals surface area contributed by atoms with Gasteiger partial charge in [-0.2, -0.15) is 5.10 Å². The fraction of sp³-hybridized carbons (Fsp3) is 0.786. The Morgan fingerprint density at radius 2 is 1.85 bits per heavy atom. The molecule has 0 atom stereocenters. The minimum atomic E-state index is 0. The average molecular weight is 325 g/mol. The molecular formula is C14H30Cl2N4. The maximum atomic E-state index is 4.36. The second-order valence-electron chi connectivity index (χ2n) is 4.65. The summed E-state index contributed by atoms with van der Waals surface area (Å²) in [6.45, 7) is 15.2. The summed E-state index contributed by atoms with van der Waals surface area (Å²) in [4.78, 5) is 2.46. The van der Waals surface area contributed by atoms with E-state index in [0.29, 0.717) is 0 Å². The summed E-state index contributed by atoms with van der Waals surface area (Å²) in [6, 6.07) is 0. The van der Waals surface area contributed by atoms with Gasteiger partial charge in [0.25, 0.3) is 0 Å². The monoisotopic (exact) mass is 324 g/mol. The maximum Gasteiger partial charge on any atom is 0.0551 e. The first kappa shape index (κ1) is 22.0. The highest BCUT2D eigenvalue weighted by atomic mass is 35.5. The quantitative estimate of drug-likeness (QED) is 0.709. The van der Waals surface area contributed by atoms with Gasteiger partial charge in [0.1, 0.15) is 0 Å². The molecule has 1 aromatic rings. The molecule has 1 N–H and O–H groups in total. The first-order valence-electron chi connectivity index (χ1n) is 7.17. The van der Waals surface area contributed by atoms with Crippen LogP contribution in [0.5, 0.6) is 0 Å². The van der Waals surface area contributed by atoms with Crippen molar-refractivity contribution in [2.75, 3.05) is 26.2 Å². The summed E-state index contributed by atoms with van der Waals surface area (Å²) < 4.78 is 2.08. The summed E-state index contributed by atoms with van der Waals surface area (Å²) in [6.07, 6.45) is 3.16. The van der Waals surface area contributed by atoms with Gasteiger partial charge in [-0.25, -0.2) is 0 Å². The number of nitrogens with one attached hydrogen (secondary N) is 1. The van der Waals surface area contributed by atoms with E-state index in [0.717, 1.165) is 32.7 Å². The molecule has 6 heteroatoms. The summed E-state index contributed by atoms with van der Waals surface area (Å²) in [5.41, 5.74) is 2.61. The fourth-order valence-corrected chi connectivity index (χ4v) is 2.18. The van der Waals surface area contributed by atoms with Gasteiger partial charge in [0, 0.05) is 13.1 Å². The Morgan fingerprint density at radius 1 is 1.20 bits per heavy atom. The van der Waals surface area contributed by atoms with Crippen molar-refractivity contribution in [3.05, 3.63) is 17.5 Å². The molecule has 0 fully saturated rings. The lowest BCUT2D eigenvalue weighted by molar-refractivity contribution is 0.297. The molecule has 0 saturated heterocycles. The lowest BCUT2D eigenvalue weighted by atomic mass is 10.2.